The van der Waals surface area contributed by atoms with Gasteiger partial charge in [-0.3, -0.25) is 4.68 Å². The molecule has 2 saturated heterocycles. The molecule has 1 N–H and O–H groups in total. The van der Waals surface area contributed by atoms with Crippen LogP contribution in [-0.2, 0) is 7.05 Å². The number of nitrogens with zero attached hydrogens (tertiary/aromatic N) is 5. The second kappa shape index (κ2) is 5.16. The first-order chi connectivity index (χ1) is 11.3. The average molecular weight is 312 g/mol. The molecule has 1 saturated carbocycles. The van der Waals surface area contributed by atoms with Crippen molar-refractivity contribution in [2.45, 2.75) is 31.6 Å². The van der Waals surface area contributed by atoms with Crippen LogP contribution in [-0.4, -0.2) is 45.9 Å². The van der Waals surface area contributed by atoms with Crippen LogP contribution in [0.1, 0.15) is 37.4 Å². The van der Waals surface area contributed by atoms with Gasteiger partial charge in [0, 0.05) is 39.1 Å². The Morgan fingerprint density at radius 1 is 1.09 bits per heavy atom. The van der Waals surface area contributed by atoms with E-state index in [0.717, 1.165) is 60.7 Å². The maximum Gasteiger partial charge on any atom is 0.163 e. The molecule has 0 aromatic carbocycles. The number of hydrogen-bond acceptors (Lipinski definition) is 5. The molecule has 23 heavy (non-hydrogen) atoms. The largest absolute Gasteiger partial charge is 0.355 e. The van der Waals surface area contributed by atoms with E-state index in [4.69, 9.17) is 9.97 Å². The smallest absolute Gasteiger partial charge is 0.163 e. The standard InChI is InChI=1S/C17H24N6/c1-22-16-14(8-19-22)17(21-15(20-16)11-4-2-3-5-11)23-9-12-6-18-7-13(12)10-23/h8,11-13,18H,2-7,9-10H2,1H3/t12-,13+. The second-order valence-corrected chi connectivity index (χ2v) is 7.48. The molecule has 3 fully saturated rings. The third-order valence-electron chi connectivity index (χ3n) is 6.00. The van der Waals surface area contributed by atoms with Crippen molar-refractivity contribution in [1.29, 1.82) is 0 Å². The lowest BCUT2D eigenvalue weighted by atomic mass is 10.0. The molecule has 0 bridgehead atoms. The molecule has 0 spiro atoms. The molecule has 122 valence electrons. The maximum atomic E-state index is 5.05. The van der Waals surface area contributed by atoms with E-state index in [2.05, 4.69) is 15.3 Å². The van der Waals surface area contributed by atoms with E-state index in [-0.39, 0.29) is 0 Å². The molecule has 5 rings (SSSR count). The van der Waals surface area contributed by atoms with E-state index in [9.17, 15) is 0 Å². The Morgan fingerprint density at radius 3 is 2.57 bits per heavy atom. The van der Waals surface area contributed by atoms with Crippen LogP contribution >= 0.6 is 0 Å². The first-order valence-corrected chi connectivity index (χ1v) is 8.95. The Morgan fingerprint density at radius 2 is 1.83 bits per heavy atom. The number of nitrogens with one attached hydrogen (secondary N) is 1. The molecule has 0 radical (unpaired) electrons. The van der Waals surface area contributed by atoms with Gasteiger partial charge in [-0.1, -0.05) is 12.8 Å². The molecular weight excluding hydrogens is 288 g/mol. The summed E-state index contributed by atoms with van der Waals surface area (Å²) in [6, 6.07) is 0. The molecule has 0 unspecified atom stereocenters. The minimum absolute atomic E-state index is 0.539. The number of hydrogen-bond donors (Lipinski definition) is 1. The number of aryl methyl sites for hydroxylation is 1. The van der Waals surface area contributed by atoms with Crippen LogP contribution in [0, 0.1) is 11.8 Å². The second-order valence-electron chi connectivity index (χ2n) is 7.48. The van der Waals surface area contributed by atoms with Crippen molar-refractivity contribution in [3.63, 3.8) is 0 Å². The van der Waals surface area contributed by atoms with Gasteiger partial charge in [-0.05, 0) is 24.7 Å². The van der Waals surface area contributed by atoms with Crippen molar-refractivity contribution < 1.29 is 0 Å². The van der Waals surface area contributed by atoms with E-state index in [1.165, 1.54) is 25.7 Å². The molecule has 1 aliphatic carbocycles. The molecule has 2 aromatic heterocycles. The summed E-state index contributed by atoms with van der Waals surface area (Å²) >= 11 is 0. The summed E-state index contributed by atoms with van der Waals surface area (Å²) in [6.07, 6.45) is 7.03. The van der Waals surface area contributed by atoms with Gasteiger partial charge in [0.05, 0.1) is 11.6 Å². The van der Waals surface area contributed by atoms with Crippen molar-refractivity contribution in [2.24, 2.45) is 18.9 Å². The first kappa shape index (κ1) is 13.7. The predicted molar refractivity (Wildman–Crippen MR) is 89.6 cm³/mol. The average Bonchev–Trinajstić information content (AvgIpc) is 3.30. The van der Waals surface area contributed by atoms with Gasteiger partial charge in [0.25, 0.3) is 0 Å². The molecule has 0 amide bonds. The van der Waals surface area contributed by atoms with Crippen LogP contribution < -0.4 is 10.2 Å². The SMILES string of the molecule is Cn1ncc2c(N3C[C@H]4CNC[C@H]4C3)nc(C3CCCC3)nc21. The zero-order valence-electron chi connectivity index (χ0n) is 13.7. The van der Waals surface area contributed by atoms with Gasteiger partial charge in [-0.25, -0.2) is 9.97 Å². The highest BCUT2D eigenvalue weighted by Crippen LogP contribution is 2.37. The highest BCUT2D eigenvalue weighted by molar-refractivity contribution is 5.87. The van der Waals surface area contributed by atoms with E-state index in [0.29, 0.717) is 5.92 Å². The third-order valence-corrected chi connectivity index (χ3v) is 6.00. The highest BCUT2D eigenvalue weighted by Gasteiger charge is 2.37. The van der Waals surface area contributed by atoms with E-state index >= 15 is 0 Å². The predicted octanol–water partition coefficient (Wildman–Crippen LogP) is 1.68. The normalized spacial score (nSPS) is 28.1. The molecule has 2 aromatic rings. The van der Waals surface area contributed by atoms with Gasteiger partial charge < -0.3 is 10.2 Å². The molecule has 2 atom stereocenters. The molecule has 6 nitrogen and oxygen atoms in total. The number of anilines is 1. The van der Waals surface area contributed by atoms with E-state index in [1.807, 2.05) is 17.9 Å². The van der Waals surface area contributed by atoms with Gasteiger partial charge in [-0.15, -0.1) is 0 Å². The molecule has 4 heterocycles. The number of rotatable bonds is 2. The number of fused-ring (bicyclic) bond motifs is 2. The summed E-state index contributed by atoms with van der Waals surface area (Å²) in [5, 5.41) is 9.07. The fraction of sp³-hybridized carbons (Fsp3) is 0.706. The van der Waals surface area contributed by atoms with E-state index < -0.39 is 0 Å². The van der Waals surface area contributed by atoms with Crippen molar-refractivity contribution in [3.8, 4) is 0 Å². The van der Waals surface area contributed by atoms with Crippen LogP contribution in [0.25, 0.3) is 11.0 Å². The lowest BCUT2D eigenvalue weighted by molar-refractivity contribution is 0.533. The maximum absolute atomic E-state index is 5.05. The van der Waals surface area contributed by atoms with Gasteiger partial charge >= 0.3 is 0 Å². The zero-order chi connectivity index (χ0) is 15.4. The quantitative estimate of drug-likeness (QED) is 0.914. The van der Waals surface area contributed by atoms with Crippen molar-refractivity contribution in [1.82, 2.24) is 25.1 Å². The van der Waals surface area contributed by atoms with Crippen LogP contribution in [0.3, 0.4) is 0 Å². The minimum atomic E-state index is 0.539. The fourth-order valence-electron chi connectivity index (χ4n) is 4.66. The number of aromatic nitrogens is 4. The van der Waals surface area contributed by atoms with Crippen LogP contribution in [0.2, 0.25) is 0 Å². The van der Waals surface area contributed by atoms with Gasteiger partial charge in [0.15, 0.2) is 5.65 Å². The Bertz CT molecular complexity index is 720. The van der Waals surface area contributed by atoms with Gasteiger partial charge in [0.1, 0.15) is 11.6 Å². The van der Waals surface area contributed by atoms with Crippen LogP contribution in [0.15, 0.2) is 6.20 Å². The summed E-state index contributed by atoms with van der Waals surface area (Å²) in [5.74, 6) is 4.25. The summed E-state index contributed by atoms with van der Waals surface area (Å²) in [4.78, 5) is 12.4. The zero-order valence-corrected chi connectivity index (χ0v) is 13.7. The Labute approximate surface area is 136 Å². The highest BCUT2D eigenvalue weighted by atomic mass is 15.3. The monoisotopic (exact) mass is 312 g/mol. The van der Waals surface area contributed by atoms with Gasteiger partial charge in [0.2, 0.25) is 0 Å². The lowest BCUT2D eigenvalue weighted by Crippen LogP contribution is -2.27. The fourth-order valence-corrected chi connectivity index (χ4v) is 4.66. The summed E-state index contributed by atoms with van der Waals surface area (Å²) in [6.45, 7) is 4.53. The lowest BCUT2D eigenvalue weighted by Gasteiger charge is -2.21. The summed E-state index contributed by atoms with van der Waals surface area (Å²) in [5.41, 5.74) is 0.993. The van der Waals surface area contributed by atoms with Crippen LogP contribution in [0.5, 0.6) is 0 Å². The van der Waals surface area contributed by atoms with Crippen molar-refractivity contribution in [3.05, 3.63) is 12.0 Å². The molecule has 3 aliphatic rings. The summed E-state index contributed by atoms with van der Waals surface area (Å²) in [7, 11) is 1.99. The Kier molecular flexibility index (Phi) is 3.08. The van der Waals surface area contributed by atoms with E-state index in [1.54, 1.807) is 0 Å². The van der Waals surface area contributed by atoms with Crippen molar-refractivity contribution in [2.75, 3.05) is 31.1 Å². The van der Waals surface area contributed by atoms with Crippen LogP contribution in [0.4, 0.5) is 5.82 Å². The Balaban J connectivity index is 1.58. The minimum Gasteiger partial charge on any atom is -0.355 e. The molecular formula is C17H24N6. The van der Waals surface area contributed by atoms with Gasteiger partial charge in [-0.2, -0.15) is 5.10 Å². The Hall–Kier alpha value is -1.69. The third kappa shape index (κ3) is 2.15. The topological polar surface area (TPSA) is 58.9 Å². The summed E-state index contributed by atoms with van der Waals surface area (Å²) < 4.78 is 1.90. The molecule has 6 heteroatoms. The first-order valence-electron chi connectivity index (χ1n) is 8.95. The van der Waals surface area contributed by atoms with Crippen molar-refractivity contribution >= 4 is 16.9 Å². The molecule has 2 aliphatic heterocycles.